The molecule has 0 spiro atoms. The van der Waals surface area contributed by atoms with E-state index in [9.17, 15) is 0 Å². The van der Waals surface area contributed by atoms with Crippen molar-refractivity contribution in [3.63, 3.8) is 0 Å². The lowest BCUT2D eigenvalue weighted by molar-refractivity contribution is 0.519. The van der Waals surface area contributed by atoms with Crippen molar-refractivity contribution < 1.29 is 0 Å². The molecule has 1 N–H and O–H groups in total. The summed E-state index contributed by atoms with van der Waals surface area (Å²) in [6.07, 6.45) is 4.87. The van der Waals surface area contributed by atoms with E-state index in [4.69, 9.17) is 11.6 Å². The lowest BCUT2D eigenvalue weighted by atomic mass is 10.2. The Bertz CT molecular complexity index is 334. The number of aromatic nitrogens is 2. The first-order chi connectivity index (χ1) is 8.16. The van der Waals surface area contributed by atoms with Crippen LogP contribution >= 0.6 is 11.6 Å². The first-order valence-corrected chi connectivity index (χ1v) is 6.94. The summed E-state index contributed by atoms with van der Waals surface area (Å²) in [6, 6.07) is 0. The van der Waals surface area contributed by atoms with Gasteiger partial charge in [-0.2, -0.15) is 5.10 Å². The van der Waals surface area contributed by atoms with Crippen LogP contribution in [0.2, 0.25) is 5.02 Å². The lowest BCUT2D eigenvalue weighted by Crippen LogP contribution is -2.15. The maximum atomic E-state index is 6.10. The van der Waals surface area contributed by atoms with Gasteiger partial charge in [0.1, 0.15) is 0 Å². The molecular weight excluding hydrogens is 234 g/mol. The van der Waals surface area contributed by atoms with E-state index in [1.54, 1.807) is 0 Å². The van der Waals surface area contributed by atoms with Crippen LogP contribution in [0.25, 0.3) is 0 Å². The highest BCUT2D eigenvalue weighted by molar-refractivity contribution is 6.31. The van der Waals surface area contributed by atoms with Crippen molar-refractivity contribution in [2.24, 2.45) is 0 Å². The Morgan fingerprint density at radius 1 is 1.18 bits per heavy atom. The van der Waals surface area contributed by atoms with Crippen LogP contribution in [0.1, 0.15) is 44.0 Å². The van der Waals surface area contributed by atoms with Crippen molar-refractivity contribution in [1.29, 1.82) is 0 Å². The second kappa shape index (κ2) is 7.72. The first kappa shape index (κ1) is 14.5. The molecular formula is C13H24ClN3. The first-order valence-electron chi connectivity index (χ1n) is 6.57. The van der Waals surface area contributed by atoms with Gasteiger partial charge in [-0.25, -0.2) is 0 Å². The van der Waals surface area contributed by atoms with Crippen LogP contribution in [0, 0.1) is 13.8 Å². The molecule has 0 atom stereocenters. The summed E-state index contributed by atoms with van der Waals surface area (Å²) in [5.41, 5.74) is 2.03. The zero-order valence-electron chi connectivity index (χ0n) is 11.2. The minimum atomic E-state index is 0.814. The summed E-state index contributed by atoms with van der Waals surface area (Å²) in [5, 5.41) is 8.66. The number of hydrogen-bond acceptors (Lipinski definition) is 2. The monoisotopic (exact) mass is 257 g/mol. The van der Waals surface area contributed by atoms with E-state index in [1.165, 1.54) is 25.7 Å². The standard InChI is InChI=1S/C13H24ClN3/c1-4-8-15-9-6-5-7-10-17-12(3)13(14)11(2)16-17/h15H,4-10H2,1-3H3. The van der Waals surface area contributed by atoms with Gasteiger partial charge in [0.25, 0.3) is 0 Å². The molecule has 0 fully saturated rings. The van der Waals surface area contributed by atoms with E-state index >= 15 is 0 Å². The molecule has 0 radical (unpaired) electrons. The zero-order valence-corrected chi connectivity index (χ0v) is 12.0. The zero-order chi connectivity index (χ0) is 12.7. The lowest BCUT2D eigenvalue weighted by Gasteiger charge is -2.05. The summed E-state index contributed by atoms with van der Waals surface area (Å²) in [7, 11) is 0. The van der Waals surface area contributed by atoms with Gasteiger partial charge < -0.3 is 5.32 Å². The predicted octanol–water partition coefficient (Wildman–Crippen LogP) is 3.32. The molecule has 0 aliphatic heterocycles. The molecule has 1 aromatic rings. The molecule has 0 bridgehead atoms. The fourth-order valence-corrected chi connectivity index (χ4v) is 2.02. The fourth-order valence-electron chi connectivity index (χ4n) is 1.88. The molecule has 0 saturated carbocycles. The molecule has 0 saturated heterocycles. The third kappa shape index (κ3) is 4.68. The minimum absolute atomic E-state index is 0.814. The third-order valence-electron chi connectivity index (χ3n) is 2.94. The second-order valence-electron chi connectivity index (χ2n) is 4.52. The molecule has 3 nitrogen and oxygen atoms in total. The number of nitrogens with one attached hydrogen (secondary N) is 1. The SMILES string of the molecule is CCCNCCCCCn1nc(C)c(Cl)c1C. The number of hydrogen-bond donors (Lipinski definition) is 1. The number of rotatable bonds is 8. The van der Waals surface area contributed by atoms with Crippen molar-refractivity contribution in [3.05, 3.63) is 16.4 Å². The normalized spacial score (nSPS) is 11.1. The summed E-state index contributed by atoms with van der Waals surface area (Å²) in [4.78, 5) is 0. The summed E-state index contributed by atoms with van der Waals surface area (Å²) in [5.74, 6) is 0. The Labute approximate surface area is 110 Å². The molecule has 1 aromatic heterocycles. The molecule has 1 heterocycles. The van der Waals surface area contributed by atoms with Gasteiger partial charge in [0.15, 0.2) is 0 Å². The van der Waals surface area contributed by atoms with E-state index in [0.717, 1.165) is 36.0 Å². The number of nitrogens with zero attached hydrogens (tertiary/aromatic N) is 2. The molecule has 17 heavy (non-hydrogen) atoms. The van der Waals surface area contributed by atoms with Crippen molar-refractivity contribution >= 4 is 11.6 Å². The van der Waals surface area contributed by atoms with Crippen LogP contribution in [-0.4, -0.2) is 22.9 Å². The largest absolute Gasteiger partial charge is 0.317 e. The van der Waals surface area contributed by atoms with Crippen LogP contribution in [0.4, 0.5) is 0 Å². The number of unbranched alkanes of at least 4 members (excludes halogenated alkanes) is 2. The molecule has 1 rings (SSSR count). The van der Waals surface area contributed by atoms with Gasteiger partial charge in [0.05, 0.1) is 16.4 Å². The Kier molecular flexibility index (Phi) is 6.60. The molecule has 0 aromatic carbocycles. The minimum Gasteiger partial charge on any atom is -0.317 e. The Hall–Kier alpha value is -0.540. The number of halogens is 1. The topological polar surface area (TPSA) is 29.9 Å². The van der Waals surface area contributed by atoms with Crippen molar-refractivity contribution in [2.45, 2.75) is 53.0 Å². The Morgan fingerprint density at radius 2 is 1.94 bits per heavy atom. The summed E-state index contributed by atoms with van der Waals surface area (Å²) < 4.78 is 2.02. The van der Waals surface area contributed by atoms with E-state index in [2.05, 4.69) is 17.3 Å². The van der Waals surface area contributed by atoms with Gasteiger partial charge in [-0.05, 0) is 46.2 Å². The quantitative estimate of drug-likeness (QED) is 0.724. The Balaban J connectivity index is 2.16. The fraction of sp³-hybridized carbons (Fsp3) is 0.769. The van der Waals surface area contributed by atoms with Crippen molar-refractivity contribution in [2.75, 3.05) is 13.1 Å². The second-order valence-corrected chi connectivity index (χ2v) is 4.90. The molecule has 0 unspecified atom stereocenters. The average Bonchev–Trinajstić information content (AvgIpc) is 2.56. The van der Waals surface area contributed by atoms with E-state index in [0.29, 0.717) is 0 Å². The molecule has 0 amide bonds. The van der Waals surface area contributed by atoms with Gasteiger partial charge in [-0.1, -0.05) is 24.9 Å². The van der Waals surface area contributed by atoms with Crippen LogP contribution in [0.5, 0.6) is 0 Å². The van der Waals surface area contributed by atoms with Gasteiger partial charge in [-0.15, -0.1) is 0 Å². The molecule has 0 aliphatic rings. The maximum Gasteiger partial charge on any atom is 0.0844 e. The van der Waals surface area contributed by atoms with Crippen molar-refractivity contribution in [1.82, 2.24) is 15.1 Å². The Morgan fingerprint density at radius 3 is 2.53 bits per heavy atom. The van der Waals surface area contributed by atoms with Gasteiger partial charge in [0, 0.05) is 6.54 Å². The van der Waals surface area contributed by atoms with Crippen LogP contribution < -0.4 is 5.32 Å². The van der Waals surface area contributed by atoms with Gasteiger partial charge >= 0.3 is 0 Å². The van der Waals surface area contributed by atoms with E-state index in [1.807, 2.05) is 18.5 Å². The van der Waals surface area contributed by atoms with Crippen LogP contribution in [0.15, 0.2) is 0 Å². The van der Waals surface area contributed by atoms with Crippen LogP contribution in [0.3, 0.4) is 0 Å². The molecule has 0 aliphatic carbocycles. The smallest absolute Gasteiger partial charge is 0.0844 e. The third-order valence-corrected chi connectivity index (χ3v) is 3.49. The van der Waals surface area contributed by atoms with Crippen molar-refractivity contribution in [3.8, 4) is 0 Å². The van der Waals surface area contributed by atoms with Crippen LogP contribution in [-0.2, 0) is 6.54 Å². The average molecular weight is 258 g/mol. The highest BCUT2D eigenvalue weighted by Crippen LogP contribution is 2.19. The molecule has 4 heteroatoms. The van der Waals surface area contributed by atoms with Gasteiger partial charge in [0.2, 0.25) is 0 Å². The van der Waals surface area contributed by atoms with E-state index < -0.39 is 0 Å². The highest BCUT2D eigenvalue weighted by Gasteiger charge is 2.07. The number of aryl methyl sites for hydroxylation is 2. The highest BCUT2D eigenvalue weighted by atomic mass is 35.5. The van der Waals surface area contributed by atoms with E-state index in [-0.39, 0.29) is 0 Å². The van der Waals surface area contributed by atoms with Gasteiger partial charge in [-0.3, -0.25) is 4.68 Å². The maximum absolute atomic E-state index is 6.10. The molecule has 98 valence electrons. The summed E-state index contributed by atoms with van der Waals surface area (Å²) >= 11 is 6.10. The summed E-state index contributed by atoms with van der Waals surface area (Å²) in [6.45, 7) is 9.43. The predicted molar refractivity (Wildman–Crippen MR) is 73.7 cm³/mol.